The van der Waals surface area contributed by atoms with Crippen LogP contribution in [0.25, 0.3) is 0 Å². The zero-order valence-electron chi connectivity index (χ0n) is 10.4. The van der Waals surface area contributed by atoms with Gasteiger partial charge in [-0.2, -0.15) is 0 Å². The first-order valence-corrected chi connectivity index (χ1v) is 6.32. The maximum atomic E-state index is 4.47. The Morgan fingerprint density at radius 1 is 1.44 bits per heavy atom. The molecule has 0 spiro atoms. The SMILES string of the molecule is Cc1nc(NC(C)CCN(C)C)ccc1Br. The Labute approximate surface area is 106 Å². The Hall–Kier alpha value is -0.610. The lowest BCUT2D eigenvalue weighted by molar-refractivity contribution is 0.390. The van der Waals surface area contributed by atoms with Crippen molar-refractivity contribution in [3.8, 4) is 0 Å². The van der Waals surface area contributed by atoms with Crippen LogP contribution in [0.5, 0.6) is 0 Å². The fourth-order valence-electron chi connectivity index (χ4n) is 1.40. The lowest BCUT2D eigenvalue weighted by atomic mass is 10.2. The summed E-state index contributed by atoms with van der Waals surface area (Å²) < 4.78 is 1.05. The van der Waals surface area contributed by atoms with Crippen LogP contribution < -0.4 is 5.32 Å². The minimum absolute atomic E-state index is 0.440. The molecule has 3 nitrogen and oxygen atoms in total. The second-order valence-electron chi connectivity index (χ2n) is 4.40. The highest BCUT2D eigenvalue weighted by molar-refractivity contribution is 9.10. The number of pyridine rings is 1. The lowest BCUT2D eigenvalue weighted by Crippen LogP contribution is -2.23. The number of aromatic nitrogens is 1. The molecular weight excluding hydrogens is 266 g/mol. The Morgan fingerprint density at radius 3 is 2.69 bits per heavy atom. The molecule has 0 saturated carbocycles. The number of nitrogens with zero attached hydrogens (tertiary/aromatic N) is 2. The number of halogens is 1. The van der Waals surface area contributed by atoms with Crippen LogP contribution in [0, 0.1) is 6.92 Å². The third-order valence-electron chi connectivity index (χ3n) is 2.42. The van der Waals surface area contributed by atoms with Crippen molar-refractivity contribution in [2.75, 3.05) is 26.0 Å². The van der Waals surface area contributed by atoms with Crippen LogP contribution in [-0.2, 0) is 0 Å². The van der Waals surface area contributed by atoms with Gasteiger partial charge in [0.2, 0.25) is 0 Å². The van der Waals surface area contributed by atoms with Gasteiger partial charge in [-0.05, 0) is 69.0 Å². The summed E-state index contributed by atoms with van der Waals surface area (Å²) in [5.74, 6) is 0.951. The van der Waals surface area contributed by atoms with Crippen molar-refractivity contribution < 1.29 is 0 Å². The molecule has 1 rings (SSSR count). The van der Waals surface area contributed by atoms with E-state index in [2.05, 4.69) is 52.1 Å². The van der Waals surface area contributed by atoms with Crippen LogP contribution >= 0.6 is 15.9 Å². The molecule has 0 aliphatic carbocycles. The average molecular weight is 286 g/mol. The van der Waals surface area contributed by atoms with Gasteiger partial charge in [-0.3, -0.25) is 0 Å². The maximum absolute atomic E-state index is 4.47. The summed E-state index contributed by atoms with van der Waals surface area (Å²) in [6.45, 7) is 5.27. The highest BCUT2D eigenvalue weighted by Gasteiger charge is 2.04. The van der Waals surface area contributed by atoms with Gasteiger partial charge in [0.1, 0.15) is 5.82 Å². The molecule has 1 heterocycles. The van der Waals surface area contributed by atoms with Crippen LogP contribution in [0.15, 0.2) is 16.6 Å². The topological polar surface area (TPSA) is 28.2 Å². The fraction of sp³-hybridized carbons (Fsp3) is 0.583. The van der Waals surface area contributed by atoms with Gasteiger partial charge in [-0.1, -0.05) is 0 Å². The van der Waals surface area contributed by atoms with Gasteiger partial charge in [0.25, 0.3) is 0 Å². The molecule has 0 fully saturated rings. The fourth-order valence-corrected chi connectivity index (χ4v) is 1.62. The summed E-state index contributed by atoms with van der Waals surface area (Å²) in [4.78, 5) is 6.66. The molecule has 16 heavy (non-hydrogen) atoms. The largest absolute Gasteiger partial charge is 0.368 e. The smallest absolute Gasteiger partial charge is 0.126 e. The summed E-state index contributed by atoms with van der Waals surface area (Å²) in [6, 6.07) is 4.47. The van der Waals surface area contributed by atoms with Crippen molar-refractivity contribution >= 4 is 21.7 Å². The summed E-state index contributed by atoms with van der Waals surface area (Å²) in [7, 11) is 4.18. The van der Waals surface area contributed by atoms with Crippen molar-refractivity contribution in [1.82, 2.24) is 9.88 Å². The van der Waals surface area contributed by atoms with Crippen molar-refractivity contribution in [2.24, 2.45) is 0 Å². The molecule has 0 aliphatic heterocycles. The number of aryl methyl sites for hydroxylation is 1. The monoisotopic (exact) mass is 285 g/mol. The third kappa shape index (κ3) is 4.49. The van der Waals surface area contributed by atoms with Gasteiger partial charge < -0.3 is 10.2 Å². The Kier molecular flexibility index (Phi) is 5.22. The molecule has 0 aliphatic rings. The van der Waals surface area contributed by atoms with Crippen molar-refractivity contribution in [3.05, 3.63) is 22.3 Å². The van der Waals surface area contributed by atoms with Gasteiger partial charge in [0.15, 0.2) is 0 Å². The number of nitrogens with one attached hydrogen (secondary N) is 1. The predicted molar refractivity (Wildman–Crippen MR) is 72.9 cm³/mol. The van der Waals surface area contributed by atoms with Gasteiger partial charge >= 0.3 is 0 Å². The first kappa shape index (κ1) is 13.5. The molecule has 0 aromatic carbocycles. The first-order valence-electron chi connectivity index (χ1n) is 5.53. The second-order valence-corrected chi connectivity index (χ2v) is 5.26. The van der Waals surface area contributed by atoms with Gasteiger partial charge in [0.05, 0.1) is 5.69 Å². The second kappa shape index (κ2) is 6.21. The highest BCUT2D eigenvalue weighted by Crippen LogP contribution is 2.16. The van der Waals surface area contributed by atoms with Gasteiger partial charge in [-0.25, -0.2) is 4.98 Å². The van der Waals surface area contributed by atoms with Crippen LogP contribution in [0.4, 0.5) is 5.82 Å². The molecule has 1 aromatic rings. The van der Waals surface area contributed by atoms with E-state index in [1.165, 1.54) is 0 Å². The van der Waals surface area contributed by atoms with Gasteiger partial charge in [-0.15, -0.1) is 0 Å². The number of hydrogen-bond donors (Lipinski definition) is 1. The summed E-state index contributed by atoms with van der Waals surface area (Å²) in [6.07, 6.45) is 1.11. The van der Waals surface area contributed by atoms with E-state index < -0.39 is 0 Å². The standard InChI is InChI=1S/C12H20BrN3/c1-9(7-8-16(3)4)14-12-6-5-11(13)10(2)15-12/h5-6,9H,7-8H2,1-4H3,(H,14,15). The Balaban J connectivity index is 2.49. The maximum Gasteiger partial charge on any atom is 0.126 e. The van der Waals surface area contributed by atoms with E-state index in [0.29, 0.717) is 6.04 Å². The highest BCUT2D eigenvalue weighted by atomic mass is 79.9. The van der Waals surface area contributed by atoms with E-state index in [9.17, 15) is 0 Å². The van der Waals surface area contributed by atoms with Crippen LogP contribution in [0.3, 0.4) is 0 Å². The Bertz CT molecular complexity index is 339. The molecule has 90 valence electrons. The number of hydrogen-bond acceptors (Lipinski definition) is 3. The van der Waals surface area contributed by atoms with E-state index in [1.54, 1.807) is 0 Å². The average Bonchev–Trinajstić information content (AvgIpc) is 2.21. The molecular formula is C12H20BrN3. The number of rotatable bonds is 5. The van der Waals surface area contributed by atoms with E-state index in [1.807, 2.05) is 19.1 Å². The summed E-state index contributed by atoms with van der Waals surface area (Å²) >= 11 is 3.45. The van der Waals surface area contributed by atoms with E-state index in [4.69, 9.17) is 0 Å². The third-order valence-corrected chi connectivity index (χ3v) is 3.26. The first-order chi connectivity index (χ1) is 7.49. The zero-order chi connectivity index (χ0) is 12.1. The lowest BCUT2D eigenvalue weighted by Gasteiger charge is -2.17. The van der Waals surface area contributed by atoms with Crippen LogP contribution in [0.2, 0.25) is 0 Å². The molecule has 0 saturated heterocycles. The van der Waals surface area contributed by atoms with E-state index >= 15 is 0 Å². The van der Waals surface area contributed by atoms with Crippen molar-refractivity contribution in [2.45, 2.75) is 26.3 Å². The molecule has 0 radical (unpaired) electrons. The molecule has 1 atom stereocenters. The molecule has 1 N–H and O–H groups in total. The molecule has 1 unspecified atom stereocenters. The molecule has 4 heteroatoms. The summed E-state index contributed by atoms with van der Waals surface area (Å²) in [5, 5.41) is 3.41. The predicted octanol–water partition coefficient (Wildman–Crippen LogP) is 2.90. The van der Waals surface area contributed by atoms with E-state index in [0.717, 1.165) is 29.0 Å². The minimum atomic E-state index is 0.440. The summed E-state index contributed by atoms with van der Waals surface area (Å²) in [5.41, 5.74) is 1.02. The quantitative estimate of drug-likeness (QED) is 0.902. The van der Waals surface area contributed by atoms with Gasteiger partial charge in [0, 0.05) is 10.5 Å². The molecule has 0 bridgehead atoms. The zero-order valence-corrected chi connectivity index (χ0v) is 12.0. The Morgan fingerprint density at radius 2 is 2.12 bits per heavy atom. The van der Waals surface area contributed by atoms with Crippen LogP contribution in [0.1, 0.15) is 19.0 Å². The molecule has 1 aromatic heterocycles. The van der Waals surface area contributed by atoms with E-state index in [-0.39, 0.29) is 0 Å². The normalized spacial score (nSPS) is 12.9. The van der Waals surface area contributed by atoms with Crippen molar-refractivity contribution in [3.63, 3.8) is 0 Å². The van der Waals surface area contributed by atoms with Crippen molar-refractivity contribution in [1.29, 1.82) is 0 Å². The molecule has 0 amide bonds. The number of anilines is 1. The minimum Gasteiger partial charge on any atom is -0.368 e. The van der Waals surface area contributed by atoms with Crippen LogP contribution in [-0.4, -0.2) is 36.6 Å².